The van der Waals surface area contributed by atoms with Crippen molar-refractivity contribution in [1.29, 1.82) is 0 Å². The lowest BCUT2D eigenvalue weighted by Gasteiger charge is -2.08. The molecule has 0 bridgehead atoms. The fourth-order valence-corrected chi connectivity index (χ4v) is 3.11. The van der Waals surface area contributed by atoms with E-state index in [0.29, 0.717) is 33.8 Å². The maximum absolute atomic E-state index is 12.0. The van der Waals surface area contributed by atoms with Crippen molar-refractivity contribution in [2.75, 3.05) is 18.2 Å². The topological polar surface area (TPSA) is 64.1 Å². The van der Waals surface area contributed by atoms with E-state index in [4.69, 9.17) is 16.3 Å². The van der Waals surface area contributed by atoms with Crippen LogP contribution in [0.1, 0.15) is 17.8 Å². The molecule has 0 saturated carbocycles. The van der Waals surface area contributed by atoms with E-state index in [1.807, 2.05) is 19.9 Å². The predicted molar refractivity (Wildman–Crippen MR) is 93.5 cm³/mol. The number of rotatable bonds is 6. The van der Waals surface area contributed by atoms with Crippen LogP contribution in [0.15, 0.2) is 29.4 Å². The van der Waals surface area contributed by atoms with Gasteiger partial charge in [-0.15, -0.1) is 0 Å². The molecule has 0 aliphatic carbocycles. The number of nitrogens with one attached hydrogen (secondary N) is 1. The first-order valence-electron chi connectivity index (χ1n) is 7.06. The average molecular weight is 352 g/mol. The Kier molecular flexibility index (Phi) is 6.24. The first kappa shape index (κ1) is 17.6. The maximum atomic E-state index is 12.0. The highest BCUT2D eigenvalue weighted by Gasteiger charge is 2.07. The van der Waals surface area contributed by atoms with E-state index in [1.54, 1.807) is 25.3 Å². The molecule has 0 saturated heterocycles. The van der Waals surface area contributed by atoms with Gasteiger partial charge in [-0.05, 0) is 38.1 Å². The summed E-state index contributed by atoms with van der Waals surface area (Å²) < 4.78 is 5.08. The lowest BCUT2D eigenvalue weighted by Crippen LogP contribution is -2.12. The molecular formula is C16H18ClN3O2S. The van der Waals surface area contributed by atoms with E-state index in [9.17, 15) is 4.79 Å². The second kappa shape index (κ2) is 8.17. The van der Waals surface area contributed by atoms with Gasteiger partial charge in [0.15, 0.2) is 5.16 Å². The number of methoxy groups -OCH3 is 1. The number of aryl methyl sites for hydroxylation is 2. The molecule has 0 aliphatic rings. The molecule has 0 fully saturated rings. The summed E-state index contributed by atoms with van der Waals surface area (Å²) in [5.41, 5.74) is 2.50. The molecule has 23 heavy (non-hydrogen) atoms. The Balaban J connectivity index is 1.84. The summed E-state index contributed by atoms with van der Waals surface area (Å²) in [6.07, 6.45) is 0.366. The van der Waals surface area contributed by atoms with Gasteiger partial charge in [-0.3, -0.25) is 4.79 Å². The van der Waals surface area contributed by atoms with Crippen LogP contribution >= 0.6 is 23.4 Å². The Morgan fingerprint density at radius 1 is 1.26 bits per heavy atom. The van der Waals surface area contributed by atoms with Crippen LogP contribution < -0.4 is 10.1 Å². The number of anilines is 1. The first-order valence-corrected chi connectivity index (χ1v) is 8.43. The normalized spacial score (nSPS) is 10.4. The average Bonchev–Trinajstić information content (AvgIpc) is 2.46. The first-order chi connectivity index (χ1) is 11.0. The summed E-state index contributed by atoms with van der Waals surface area (Å²) in [6.45, 7) is 3.86. The molecule has 0 aliphatic heterocycles. The standard InChI is InChI=1S/C16H18ClN3O2S/c1-10-8-11(2)19-16(18-10)23-7-6-15(21)20-12-4-5-14(22-3)13(17)9-12/h4-5,8-9H,6-7H2,1-3H3,(H,20,21). The molecule has 1 amide bonds. The van der Waals surface area contributed by atoms with Gasteiger partial charge < -0.3 is 10.1 Å². The quantitative estimate of drug-likeness (QED) is 0.632. The predicted octanol–water partition coefficient (Wildman–Crippen LogP) is 3.88. The number of hydrogen-bond donors (Lipinski definition) is 1. The molecule has 122 valence electrons. The number of benzene rings is 1. The number of ether oxygens (including phenoxy) is 1. The van der Waals surface area contributed by atoms with Crippen LogP contribution in [-0.2, 0) is 4.79 Å². The van der Waals surface area contributed by atoms with Crippen LogP contribution in [0.3, 0.4) is 0 Å². The minimum atomic E-state index is -0.0805. The summed E-state index contributed by atoms with van der Waals surface area (Å²) in [5.74, 6) is 1.11. The van der Waals surface area contributed by atoms with E-state index < -0.39 is 0 Å². The van der Waals surface area contributed by atoms with Crippen molar-refractivity contribution < 1.29 is 9.53 Å². The number of hydrogen-bond acceptors (Lipinski definition) is 5. The van der Waals surface area contributed by atoms with Crippen molar-refractivity contribution in [1.82, 2.24) is 9.97 Å². The van der Waals surface area contributed by atoms with Crippen LogP contribution in [0.4, 0.5) is 5.69 Å². The van der Waals surface area contributed by atoms with Crippen molar-refractivity contribution in [3.63, 3.8) is 0 Å². The molecule has 5 nitrogen and oxygen atoms in total. The second-order valence-corrected chi connectivity index (χ2v) is 6.40. The third-order valence-electron chi connectivity index (χ3n) is 2.96. The second-order valence-electron chi connectivity index (χ2n) is 4.93. The Morgan fingerprint density at radius 3 is 2.57 bits per heavy atom. The molecular weight excluding hydrogens is 334 g/mol. The third-order valence-corrected chi connectivity index (χ3v) is 4.10. The molecule has 7 heteroatoms. The molecule has 0 unspecified atom stereocenters. The SMILES string of the molecule is COc1ccc(NC(=O)CCSc2nc(C)cc(C)n2)cc1Cl. The van der Waals surface area contributed by atoms with Gasteiger partial charge in [0.25, 0.3) is 0 Å². The number of thioether (sulfide) groups is 1. The summed E-state index contributed by atoms with van der Waals surface area (Å²) in [5, 5.41) is 3.97. The highest BCUT2D eigenvalue weighted by Crippen LogP contribution is 2.27. The number of amides is 1. The van der Waals surface area contributed by atoms with Gasteiger partial charge in [-0.2, -0.15) is 0 Å². The smallest absolute Gasteiger partial charge is 0.225 e. The molecule has 0 spiro atoms. The zero-order chi connectivity index (χ0) is 16.8. The lowest BCUT2D eigenvalue weighted by molar-refractivity contribution is -0.115. The van der Waals surface area contributed by atoms with Crippen molar-refractivity contribution in [3.8, 4) is 5.75 Å². The molecule has 1 aromatic heterocycles. The Hall–Kier alpha value is -1.79. The van der Waals surface area contributed by atoms with Gasteiger partial charge in [0.05, 0.1) is 12.1 Å². The van der Waals surface area contributed by atoms with Crippen molar-refractivity contribution >= 4 is 35.0 Å². The van der Waals surface area contributed by atoms with Crippen molar-refractivity contribution in [3.05, 3.63) is 40.7 Å². The van der Waals surface area contributed by atoms with Crippen LogP contribution in [0.2, 0.25) is 5.02 Å². The highest BCUT2D eigenvalue weighted by molar-refractivity contribution is 7.99. The number of carbonyl (C=O) groups is 1. The van der Waals surface area contributed by atoms with Crippen LogP contribution in [0, 0.1) is 13.8 Å². The minimum absolute atomic E-state index is 0.0805. The van der Waals surface area contributed by atoms with Crippen LogP contribution in [0.5, 0.6) is 5.75 Å². The van der Waals surface area contributed by atoms with Gasteiger partial charge in [-0.25, -0.2) is 9.97 Å². The van der Waals surface area contributed by atoms with Gasteiger partial charge in [0.2, 0.25) is 5.91 Å². The molecule has 0 radical (unpaired) electrons. The van der Waals surface area contributed by atoms with E-state index in [1.165, 1.54) is 11.8 Å². The monoisotopic (exact) mass is 351 g/mol. The highest BCUT2D eigenvalue weighted by atomic mass is 35.5. The number of nitrogens with zero attached hydrogens (tertiary/aromatic N) is 2. The molecule has 1 heterocycles. The minimum Gasteiger partial charge on any atom is -0.495 e. The van der Waals surface area contributed by atoms with Gasteiger partial charge in [0.1, 0.15) is 5.75 Å². The Labute approximate surface area is 144 Å². The molecule has 2 rings (SSSR count). The van der Waals surface area contributed by atoms with E-state index in [-0.39, 0.29) is 5.91 Å². The van der Waals surface area contributed by atoms with Gasteiger partial charge >= 0.3 is 0 Å². The summed E-state index contributed by atoms with van der Waals surface area (Å²) in [7, 11) is 1.55. The Bertz CT molecular complexity index is 689. The van der Waals surface area contributed by atoms with Crippen LogP contribution in [-0.4, -0.2) is 28.7 Å². The molecule has 0 atom stereocenters. The lowest BCUT2D eigenvalue weighted by atomic mass is 10.3. The third kappa shape index (κ3) is 5.41. The fourth-order valence-electron chi connectivity index (χ4n) is 1.96. The van der Waals surface area contributed by atoms with Crippen LogP contribution in [0.25, 0.3) is 0 Å². The summed E-state index contributed by atoms with van der Waals surface area (Å²) in [6, 6.07) is 7.06. The fraction of sp³-hybridized carbons (Fsp3) is 0.312. The van der Waals surface area contributed by atoms with E-state index in [0.717, 1.165) is 11.4 Å². The van der Waals surface area contributed by atoms with Crippen molar-refractivity contribution in [2.24, 2.45) is 0 Å². The molecule has 1 N–H and O–H groups in total. The number of carbonyl (C=O) groups excluding carboxylic acids is 1. The van der Waals surface area contributed by atoms with Gasteiger partial charge in [0, 0.05) is 29.2 Å². The Morgan fingerprint density at radius 2 is 1.96 bits per heavy atom. The van der Waals surface area contributed by atoms with E-state index >= 15 is 0 Å². The van der Waals surface area contributed by atoms with Gasteiger partial charge in [-0.1, -0.05) is 23.4 Å². The zero-order valence-electron chi connectivity index (χ0n) is 13.2. The maximum Gasteiger partial charge on any atom is 0.225 e. The van der Waals surface area contributed by atoms with E-state index in [2.05, 4.69) is 15.3 Å². The largest absolute Gasteiger partial charge is 0.495 e. The number of halogens is 1. The van der Waals surface area contributed by atoms with Crippen molar-refractivity contribution in [2.45, 2.75) is 25.4 Å². The summed E-state index contributed by atoms with van der Waals surface area (Å²) >= 11 is 7.50. The summed E-state index contributed by atoms with van der Waals surface area (Å²) in [4.78, 5) is 20.6. The molecule has 1 aromatic carbocycles. The molecule has 2 aromatic rings. The number of aromatic nitrogens is 2. The zero-order valence-corrected chi connectivity index (χ0v) is 14.8.